The van der Waals surface area contributed by atoms with Crippen molar-refractivity contribution >= 4 is 37.2 Å². The average molecular weight is 354 g/mol. The topological polar surface area (TPSA) is 54.5 Å². The van der Waals surface area contributed by atoms with Gasteiger partial charge in [0, 0.05) is 23.8 Å². The molecule has 1 fully saturated rings. The van der Waals surface area contributed by atoms with Crippen LogP contribution in [0.3, 0.4) is 0 Å². The van der Waals surface area contributed by atoms with Crippen molar-refractivity contribution in [2.24, 2.45) is 5.92 Å². The molecular weight excluding hydrogens is 340 g/mol. The van der Waals surface area contributed by atoms with Crippen LogP contribution in [-0.2, 0) is 9.05 Å². The number of likely N-dealkylation sites (tertiary alicyclic amines) is 1. The fraction of sp³-hybridized carbons (Fsp3) is 0.462. The molecule has 4 nitrogen and oxygen atoms in total. The van der Waals surface area contributed by atoms with Crippen molar-refractivity contribution in [3.63, 3.8) is 0 Å². The number of rotatable bonds is 2. The molecular formula is C13H14Cl2FNO3S. The smallest absolute Gasteiger partial charge is 0.264 e. The van der Waals surface area contributed by atoms with E-state index >= 15 is 0 Å². The van der Waals surface area contributed by atoms with Crippen LogP contribution >= 0.6 is 22.3 Å². The Morgan fingerprint density at radius 2 is 1.90 bits per heavy atom. The lowest BCUT2D eigenvalue weighted by Gasteiger charge is -2.30. The number of benzene rings is 1. The molecule has 1 heterocycles. The zero-order valence-electron chi connectivity index (χ0n) is 11.3. The molecule has 1 saturated heterocycles. The minimum absolute atomic E-state index is 0.0492. The van der Waals surface area contributed by atoms with Gasteiger partial charge in [-0.2, -0.15) is 0 Å². The standard InChI is InChI=1S/C13H14Cl2FNO3S/c1-8-2-4-17(5-3-8)13(18)9-6-12(21(15,19)20)11(16)7-10(9)14/h6-8H,2-5H2,1H3. The number of halogens is 3. The summed E-state index contributed by atoms with van der Waals surface area (Å²) in [5, 5.41) is -0.125. The Hall–Kier alpha value is -0.850. The van der Waals surface area contributed by atoms with Gasteiger partial charge in [-0.15, -0.1) is 0 Å². The number of nitrogens with zero attached hydrogens (tertiary/aromatic N) is 1. The van der Waals surface area contributed by atoms with E-state index in [2.05, 4.69) is 6.92 Å². The molecule has 0 aromatic heterocycles. The summed E-state index contributed by atoms with van der Waals surface area (Å²) in [6, 6.07) is 1.71. The molecule has 0 spiro atoms. The number of amides is 1. The Labute approximate surface area is 132 Å². The van der Waals surface area contributed by atoms with E-state index in [0.717, 1.165) is 25.0 Å². The molecule has 0 unspecified atom stereocenters. The molecule has 1 aliphatic rings. The Morgan fingerprint density at radius 1 is 1.33 bits per heavy atom. The first-order valence-electron chi connectivity index (χ1n) is 6.43. The van der Waals surface area contributed by atoms with E-state index in [1.165, 1.54) is 0 Å². The molecule has 21 heavy (non-hydrogen) atoms. The van der Waals surface area contributed by atoms with Crippen molar-refractivity contribution in [3.8, 4) is 0 Å². The van der Waals surface area contributed by atoms with Gasteiger partial charge in [-0.1, -0.05) is 18.5 Å². The van der Waals surface area contributed by atoms with Crippen LogP contribution in [0.2, 0.25) is 5.02 Å². The summed E-state index contributed by atoms with van der Waals surface area (Å²) >= 11 is 5.87. The zero-order valence-corrected chi connectivity index (χ0v) is 13.6. The first-order chi connectivity index (χ1) is 9.70. The van der Waals surface area contributed by atoms with Gasteiger partial charge in [0.05, 0.1) is 10.6 Å². The molecule has 1 aromatic rings. The lowest BCUT2D eigenvalue weighted by Crippen LogP contribution is -2.38. The van der Waals surface area contributed by atoms with E-state index in [1.54, 1.807) is 4.90 Å². The maximum Gasteiger partial charge on any atom is 0.264 e. The van der Waals surface area contributed by atoms with Crippen molar-refractivity contribution in [2.45, 2.75) is 24.7 Å². The molecule has 0 radical (unpaired) electrons. The molecule has 0 aliphatic carbocycles. The van der Waals surface area contributed by atoms with Crippen LogP contribution in [0.15, 0.2) is 17.0 Å². The zero-order chi connectivity index (χ0) is 15.8. The maximum absolute atomic E-state index is 13.6. The van der Waals surface area contributed by atoms with E-state index < -0.39 is 25.7 Å². The third-order valence-corrected chi connectivity index (χ3v) is 5.24. The first kappa shape index (κ1) is 16.5. The van der Waals surface area contributed by atoms with Crippen LogP contribution < -0.4 is 0 Å². The number of hydrogen-bond donors (Lipinski definition) is 0. The predicted molar refractivity (Wildman–Crippen MR) is 78.8 cm³/mol. The summed E-state index contributed by atoms with van der Waals surface area (Å²) in [6.07, 6.45) is 1.73. The van der Waals surface area contributed by atoms with Crippen LogP contribution in [0.4, 0.5) is 4.39 Å². The number of carbonyl (C=O) groups excluding carboxylic acids is 1. The van der Waals surface area contributed by atoms with Gasteiger partial charge < -0.3 is 4.90 Å². The van der Waals surface area contributed by atoms with Gasteiger partial charge in [-0.25, -0.2) is 12.8 Å². The second-order valence-electron chi connectivity index (χ2n) is 5.18. The van der Waals surface area contributed by atoms with Gasteiger partial charge in [-0.05, 0) is 30.9 Å². The number of carbonyl (C=O) groups is 1. The second kappa shape index (κ2) is 6.10. The lowest BCUT2D eigenvalue weighted by molar-refractivity contribution is 0.0697. The Morgan fingerprint density at radius 3 is 2.43 bits per heavy atom. The SMILES string of the molecule is CC1CCN(C(=O)c2cc(S(=O)(=O)Cl)c(F)cc2Cl)CC1. The van der Waals surface area contributed by atoms with Gasteiger partial charge in [0.15, 0.2) is 0 Å². The molecule has 0 bridgehead atoms. The van der Waals surface area contributed by atoms with Crippen molar-refractivity contribution in [1.29, 1.82) is 0 Å². The van der Waals surface area contributed by atoms with Crippen molar-refractivity contribution in [3.05, 3.63) is 28.5 Å². The second-order valence-corrected chi connectivity index (χ2v) is 8.12. The van der Waals surface area contributed by atoms with E-state index in [0.29, 0.717) is 19.0 Å². The van der Waals surface area contributed by atoms with E-state index in [4.69, 9.17) is 22.3 Å². The summed E-state index contributed by atoms with van der Waals surface area (Å²) in [7, 11) is 0.884. The summed E-state index contributed by atoms with van der Waals surface area (Å²) in [4.78, 5) is 13.3. The van der Waals surface area contributed by atoms with Gasteiger partial charge in [-0.3, -0.25) is 4.79 Å². The van der Waals surface area contributed by atoms with E-state index in [9.17, 15) is 17.6 Å². The van der Waals surface area contributed by atoms with E-state index in [-0.39, 0.29) is 10.6 Å². The van der Waals surface area contributed by atoms with Gasteiger partial charge in [0.2, 0.25) is 0 Å². The Kier molecular flexibility index (Phi) is 4.80. The van der Waals surface area contributed by atoms with Gasteiger partial charge >= 0.3 is 0 Å². The van der Waals surface area contributed by atoms with Crippen molar-refractivity contribution in [2.75, 3.05) is 13.1 Å². The minimum Gasteiger partial charge on any atom is -0.339 e. The van der Waals surface area contributed by atoms with Crippen LogP contribution in [0.25, 0.3) is 0 Å². The van der Waals surface area contributed by atoms with Crippen LogP contribution in [0.5, 0.6) is 0 Å². The monoisotopic (exact) mass is 353 g/mol. The Balaban J connectivity index is 2.37. The highest BCUT2D eigenvalue weighted by molar-refractivity contribution is 8.13. The van der Waals surface area contributed by atoms with Crippen LogP contribution in [-0.4, -0.2) is 32.3 Å². The van der Waals surface area contributed by atoms with Gasteiger partial charge in [0.1, 0.15) is 10.7 Å². The normalized spacial score (nSPS) is 17.0. The van der Waals surface area contributed by atoms with Crippen LogP contribution in [0.1, 0.15) is 30.1 Å². The molecule has 2 rings (SSSR count). The molecule has 1 amide bonds. The number of piperidine rings is 1. The summed E-state index contributed by atoms with van der Waals surface area (Å²) in [5.41, 5.74) is -0.0492. The quantitative estimate of drug-likeness (QED) is 0.766. The van der Waals surface area contributed by atoms with E-state index in [1.807, 2.05) is 0 Å². The highest BCUT2D eigenvalue weighted by Gasteiger charge is 2.26. The largest absolute Gasteiger partial charge is 0.339 e. The Bertz CT molecular complexity index is 670. The minimum atomic E-state index is -4.28. The molecule has 0 saturated carbocycles. The fourth-order valence-electron chi connectivity index (χ4n) is 2.26. The lowest BCUT2D eigenvalue weighted by atomic mass is 9.98. The number of hydrogen-bond acceptors (Lipinski definition) is 3. The molecule has 1 aromatic carbocycles. The third kappa shape index (κ3) is 3.67. The van der Waals surface area contributed by atoms with Crippen molar-refractivity contribution < 1.29 is 17.6 Å². The van der Waals surface area contributed by atoms with Crippen molar-refractivity contribution in [1.82, 2.24) is 4.90 Å². The fourth-order valence-corrected chi connectivity index (χ4v) is 3.40. The molecule has 8 heteroatoms. The molecule has 1 aliphatic heterocycles. The third-order valence-electron chi connectivity index (χ3n) is 3.59. The molecule has 0 N–H and O–H groups in total. The molecule has 116 valence electrons. The maximum atomic E-state index is 13.6. The van der Waals surface area contributed by atoms with Gasteiger partial charge in [0.25, 0.3) is 15.0 Å². The average Bonchev–Trinajstić information content (AvgIpc) is 2.37. The predicted octanol–water partition coefficient (Wildman–Crippen LogP) is 3.28. The summed E-state index contributed by atoms with van der Waals surface area (Å²) in [5.74, 6) is -0.941. The summed E-state index contributed by atoms with van der Waals surface area (Å²) < 4.78 is 36.2. The first-order valence-corrected chi connectivity index (χ1v) is 9.12. The van der Waals surface area contributed by atoms with Crippen LogP contribution in [0, 0.1) is 11.7 Å². The molecule has 0 atom stereocenters. The highest BCUT2D eigenvalue weighted by atomic mass is 35.7. The summed E-state index contributed by atoms with van der Waals surface area (Å²) in [6.45, 7) is 3.23. The highest BCUT2D eigenvalue weighted by Crippen LogP contribution is 2.28.